The average Bonchev–Trinajstić information content (AvgIpc) is 2.85. The van der Waals surface area contributed by atoms with Crippen LogP contribution >= 0.6 is 11.6 Å². The number of benzene rings is 1. The van der Waals surface area contributed by atoms with Crippen molar-refractivity contribution in [3.8, 4) is 0 Å². The molecule has 0 amide bonds. The molecule has 0 saturated carbocycles. The van der Waals surface area contributed by atoms with E-state index >= 15 is 0 Å². The molecule has 0 spiro atoms. The van der Waals surface area contributed by atoms with Crippen LogP contribution in [0.5, 0.6) is 0 Å². The first-order valence-electron chi connectivity index (χ1n) is 5.52. The zero-order valence-corrected chi connectivity index (χ0v) is 10.4. The predicted molar refractivity (Wildman–Crippen MR) is 69.0 cm³/mol. The van der Waals surface area contributed by atoms with Gasteiger partial charge < -0.3 is 10.4 Å². The molecule has 1 aromatic carbocycles. The SMILES string of the molecule is O=C(O)C1=C[C@@H](c2cccc(Cl)c2)n2ncnc2N1. The van der Waals surface area contributed by atoms with E-state index in [1.165, 1.54) is 6.33 Å². The minimum Gasteiger partial charge on any atom is -0.477 e. The van der Waals surface area contributed by atoms with Crippen LogP contribution in [0, 0.1) is 0 Å². The van der Waals surface area contributed by atoms with Crippen molar-refractivity contribution >= 4 is 23.5 Å². The Hall–Kier alpha value is -2.34. The number of anilines is 1. The molecule has 0 bridgehead atoms. The Bertz CT molecular complexity index is 680. The molecule has 19 heavy (non-hydrogen) atoms. The van der Waals surface area contributed by atoms with E-state index in [0.29, 0.717) is 11.0 Å². The van der Waals surface area contributed by atoms with Crippen molar-refractivity contribution in [3.63, 3.8) is 0 Å². The van der Waals surface area contributed by atoms with Crippen molar-refractivity contribution < 1.29 is 9.90 Å². The first-order chi connectivity index (χ1) is 9.15. The fourth-order valence-corrected chi connectivity index (χ4v) is 2.19. The van der Waals surface area contributed by atoms with E-state index in [4.69, 9.17) is 16.7 Å². The van der Waals surface area contributed by atoms with Crippen molar-refractivity contribution in [2.24, 2.45) is 0 Å². The summed E-state index contributed by atoms with van der Waals surface area (Å²) >= 11 is 5.97. The van der Waals surface area contributed by atoms with E-state index in [0.717, 1.165) is 5.56 Å². The topological polar surface area (TPSA) is 80.0 Å². The second kappa shape index (κ2) is 4.40. The van der Waals surface area contributed by atoms with Crippen LogP contribution in [0.25, 0.3) is 0 Å². The Balaban J connectivity index is 2.11. The highest BCUT2D eigenvalue weighted by Crippen LogP contribution is 2.29. The van der Waals surface area contributed by atoms with Gasteiger partial charge in [0.1, 0.15) is 18.1 Å². The summed E-state index contributed by atoms with van der Waals surface area (Å²) in [6.07, 6.45) is 2.95. The van der Waals surface area contributed by atoms with Crippen LogP contribution in [0.3, 0.4) is 0 Å². The molecule has 1 atom stereocenters. The molecule has 0 fully saturated rings. The number of carbonyl (C=O) groups is 1. The molecule has 2 heterocycles. The number of rotatable bonds is 2. The Labute approximate surface area is 113 Å². The molecule has 0 radical (unpaired) electrons. The van der Waals surface area contributed by atoms with Crippen molar-refractivity contribution in [2.45, 2.75) is 6.04 Å². The lowest BCUT2D eigenvalue weighted by atomic mass is 10.0. The van der Waals surface area contributed by atoms with Crippen LogP contribution in [0.15, 0.2) is 42.4 Å². The van der Waals surface area contributed by atoms with Gasteiger partial charge in [0.2, 0.25) is 5.95 Å². The smallest absolute Gasteiger partial charge is 0.352 e. The summed E-state index contributed by atoms with van der Waals surface area (Å²) in [4.78, 5) is 15.1. The first kappa shape index (κ1) is 11.7. The summed E-state index contributed by atoms with van der Waals surface area (Å²) in [5.41, 5.74) is 0.921. The van der Waals surface area contributed by atoms with Gasteiger partial charge in [-0.1, -0.05) is 23.7 Å². The molecule has 2 aromatic rings. The Kier molecular flexibility index (Phi) is 2.72. The standard InChI is InChI=1S/C12H9ClN4O2/c13-8-3-1-2-7(4-8)10-5-9(11(18)19)16-12-14-6-15-17(10)12/h1-6,10H,(H,18,19)(H,14,15,16)/t10-/m0/s1. The second-order valence-electron chi connectivity index (χ2n) is 4.04. The molecule has 1 aromatic heterocycles. The van der Waals surface area contributed by atoms with Gasteiger partial charge in [-0.25, -0.2) is 9.48 Å². The largest absolute Gasteiger partial charge is 0.477 e. The number of carboxylic acids is 1. The van der Waals surface area contributed by atoms with Crippen molar-refractivity contribution in [3.05, 3.63) is 53.0 Å². The highest BCUT2D eigenvalue weighted by molar-refractivity contribution is 6.30. The van der Waals surface area contributed by atoms with E-state index in [1.807, 2.05) is 12.1 Å². The lowest BCUT2D eigenvalue weighted by Crippen LogP contribution is -2.24. The second-order valence-corrected chi connectivity index (χ2v) is 4.47. The molecule has 0 unspecified atom stereocenters. The van der Waals surface area contributed by atoms with Gasteiger partial charge in [-0.2, -0.15) is 10.1 Å². The number of carboxylic acid groups (broad SMARTS) is 1. The maximum Gasteiger partial charge on any atom is 0.352 e. The highest BCUT2D eigenvalue weighted by atomic mass is 35.5. The van der Waals surface area contributed by atoms with Gasteiger partial charge >= 0.3 is 5.97 Å². The van der Waals surface area contributed by atoms with Gasteiger partial charge in [0.25, 0.3) is 0 Å². The number of aromatic nitrogens is 3. The molecule has 0 aliphatic carbocycles. The summed E-state index contributed by atoms with van der Waals surface area (Å²) in [5.74, 6) is -0.647. The van der Waals surface area contributed by atoms with Gasteiger partial charge in [-0.15, -0.1) is 0 Å². The van der Waals surface area contributed by atoms with Crippen LogP contribution < -0.4 is 5.32 Å². The van der Waals surface area contributed by atoms with Gasteiger partial charge in [0, 0.05) is 5.02 Å². The lowest BCUT2D eigenvalue weighted by Gasteiger charge is -2.22. The number of allylic oxidation sites excluding steroid dienone is 1. The maximum absolute atomic E-state index is 11.1. The summed E-state index contributed by atoms with van der Waals surface area (Å²) < 4.78 is 1.61. The van der Waals surface area contributed by atoms with Gasteiger partial charge in [-0.3, -0.25) is 0 Å². The van der Waals surface area contributed by atoms with Gasteiger partial charge in [0.15, 0.2) is 0 Å². The first-order valence-corrected chi connectivity index (χ1v) is 5.90. The van der Waals surface area contributed by atoms with Crippen LogP contribution in [0.2, 0.25) is 5.02 Å². The summed E-state index contributed by atoms with van der Waals surface area (Å²) in [6, 6.07) is 6.87. The highest BCUT2D eigenvalue weighted by Gasteiger charge is 2.25. The molecular weight excluding hydrogens is 268 g/mol. The van der Waals surface area contributed by atoms with Crippen molar-refractivity contribution in [1.29, 1.82) is 0 Å². The number of hydrogen-bond donors (Lipinski definition) is 2. The molecule has 96 valence electrons. The molecule has 2 N–H and O–H groups in total. The summed E-state index contributed by atoms with van der Waals surface area (Å²) in [6.45, 7) is 0. The molecule has 3 rings (SSSR count). The Morgan fingerprint density at radius 3 is 3.05 bits per heavy atom. The Morgan fingerprint density at radius 1 is 1.47 bits per heavy atom. The minimum atomic E-state index is -1.04. The zero-order valence-electron chi connectivity index (χ0n) is 9.62. The van der Waals surface area contributed by atoms with E-state index in [2.05, 4.69) is 15.4 Å². The number of nitrogens with one attached hydrogen (secondary N) is 1. The van der Waals surface area contributed by atoms with Gasteiger partial charge in [-0.05, 0) is 23.8 Å². The summed E-state index contributed by atoms with van der Waals surface area (Å²) in [7, 11) is 0. The number of hydrogen-bond acceptors (Lipinski definition) is 4. The maximum atomic E-state index is 11.1. The number of nitrogens with zero attached hydrogens (tertiary/aromatic N) is 3. The molecule has 6 nitrogen and oxygen atoms in total. The molecule has 1 aliphatic rings. The van der Waals surface area contributed by atoms with E-state index in [-0.39, 0.29) is 11.7 Å². The van der Waals surface area contributed by atoms with E-state index in [9.17, 15) is 4.79 Å². The van der Waals surface area contributed by atoms with Crippen LogP contribution in [-0.4, -0.2) is 25.8 Å². The molecule has 7 heteroatoms. The quantitative estimate of drug-likeness (QED) is 0.876. The molecular formula is C12H9ClN4O2. The fourth-order valence-electron chi connectivity index (χ4n) is 1.99. The van der Waals surface area contributed by atoms with Crippen molar-refractivity contribution in [1.82, 2.24) is 14.8 Å². The summed E-state index contributed by atoms with van der Waals surface area (Å²) in [5, 5.41) is 16.5. The normalized spacial score (nSPS) is 17.3. The third kappa shape index (κ3) is 2.06. The molecule has 1 aliphatic heterocycles. The van der Waals surface area contributed by atoms with E-state index in [1.54, 1.807) is 22.9 Å². The van der Waals surface area contributed by atoms with Crippen molar-refractivity contribution in [2.75, 3.05) is 5.32 Å². The third-order valence-electron chi connectivity index (χ3n) is 2.83. The predicted octanol–water partition coefficient (Wildman–Crippen LogP) is 1.91. The third-order valence-corrected chi connectivity index (χ3v) is 3.06. The Morgan fingerprint density at radius 2 is 2.32 bits per heavy atom. The van der Waals surface area contributed by atoms with Crippen LogP contribution in [0.4, 0.5) is 5.95 Å². The van der Waals surface area contributed by atoms with E-state index < -0.39 is 5.97 Å². The monoisotopic (exact) mass is 276 g/mol. The van der Waals surface area contributed by atoms with Crippen LogP contribution in [-0.2, 0) is 4.79 Å². The number of halogens is 1. The van der Waals surface area contributed by atoms with Crippen LogP contribution in [0.1, 0.15) is 11.6 Å². The minimum absolute atomic E-state index is 0.0745. The molecule has 0 saturated heterocycles. The average molecular weight is 277 g/mol. The lowest BCUT2D eigenvalue weighted by molar-refractivity contribution is -0.132. The fraction of sp³-hybridized carbons (Fsp3) is 0.0833. The number of fused-ring (bicyclic) bond motifs is 1. The number of aliphatic carboxylic acids is 1. The zero-order chi connectivity index (χ0) is 13.4. The van der Waals surface area contributed by atoms with Gasteiger partial charge in [0.05, 0.1) is 0 Å².